The van der Waals surface area contributed by atoms with Crippen molar-refractivity contribution < 1.29 is 9.90 Å². The Morgan fingerprint density at radius 1 is 1.47 bits per heavy atom. The van der Waals surface area contributed by atoms with E-state index in [0.717, 1.165) is 6.42 Å². The maximum atomic E-state index is 10.9. The number of hydrogen-bond acceptors (Lipinski definition) is 1. The molecule has 1 aliphatic rings. The van der Waals surface area contributed by atoms with E-state index in [1.165, 1.54) is 11.1 Å². The van der Waals surface area contributed by atoms with Crippen LogP contribution in [0.4, 0.5) is 0 Å². The Labute approximate surface area is 89.9 Å². The molecule has 0 aliphatic heterocycles. The van der Waals surface area contributed by atoms with Crippen molar-refractivity contribution in [1.82, 2.24) is 0 Å². The molecule has 2 rings (SSSR count). The molecular weight excluding hydrogens is 188 g/mol. The monoisotopic (exact) mass is 204 g/mol. The topological polar surface area (TPSA) is 37.3 Å². The lowest BCUT2D eigenvalue weighted by Gasteiger charge is -2.18. The fraction of sp³-hybridized carbons (Fsp3) is 0.462. The lowest BCUT2D eigenvalue weighted by atomic mass is 9.86. The van der Waals surface area contributed by atoms with Crippen LogP contribution in [0.2, 0.25) is 0 Å². The van der Waals surface area contributed by atoms with Gasteiger partial charge in [-0.15, -0.1) is 0 Å². The van der Waals surface area contributed by atoms with Crippen molar-refractivity contribution in [3.05, 3.63) is 34.9 Å². The molecular formula is C13H16O2. The number of fused-ring (bicyclic) bond motifs is 1. The standard InChI is InChI=1S/C13H16O2/c1-8-7-13(2,3)11-5-4-9(12(14)15)6-10(8)11/h4-6,8H,7H2,1-3H3,(H,14,15). The Morgan fingerprint density at radius 2 is 2.13 bits per heavy atom. The summed E-state index contributed by atoms with van der Waals surface area (Å²) in [6.07, 6.45) is 1.10. The number of hydrogen-bond donors (Lipinski definition) is 1. The number of benzene rings is 1. The summed E-state index contributed by atoms with van der Waals surface area (Å²) in [6, 6.07) is 5.51. The number of carboxylic acid groups (broad SMARTS) is 1. The predicted molar refractivity (Wildman–Crippen MR) is 59.5 cm³/mol. The van der Waals surface area contributed by atoms with E-state index >= 15 is 0 Å². The van der Waals surface area contributed by atoms with Gasteiger partial charge in [-0.2, -0.15) is 0 Å². The van der Waals surface area contributed by atoms with Crippen LogP contribution >= 0.6 is 0 Å². The van der Waals surface area contributed by atoms with Gasteiger partial charge in [-0.3, -0.25) is 0 Å². The molecule has 0 bridgehead atoms. The molecule has 2 heteroatoms. The van der Waals surface area contributed by atoms with Gasteiger partial charge in [0, 0.05) is 0 Å². The molecule has 0 amide bonds. The molecule has 15 heavy (non-hydrogen) atoms. The van der Waals surface area contributed by atoms with Crippen molar-refractivity contribution in [2.75, 3.05) is 0 Å². The van der Waals surface area contributed by atoms with Gasteiger partial charge in [-0.05, 0) is 41.0 Å². The highest BCUT2D eigenvalue weighted by atomic mass is 16.4. The van der Waals surface area contributed by atoms with Crippen LogP contribution in [0.1, 0.15) is 54.6 Å². The van der Waals surface area contributed by atoms with Gasteiger partial charge >= 0.3 is 5.97 Å². The van der Waals surface area contributed by atoms with E-state index < -0.39 is 5.97 Å². The Bertz CT molecular complexity index is 419. The number of aromatic carboxylic acids is 1. The van der Waals surface area contributed by atoms with Gasteiger partial charge in [0.05, 0.1) is 5.56 Å². The highest BCUT2D eigenvalue weighted by Gasteiger charge is 2.34. The smallest absolute Gasteiger partial charge is 0.335 e. The summed E-state index contributed by atoms with van der Waals surface area (Å²) in [4.78, 5) is 10.9. The minimum absolute atomic E-state index is 0.186. The maximum Gasteiger partial charge on any atom is 0.335 e. The first-order chi connectivity index (χ1) is 6.92. The van der Waals surface area contributed by atoms with Crippen LogP contribution in [-0.2, 0) is 5.41 Å². The molecule has 1 aromatic carbocycles. The second-order valence-electron chi connectivity index (χ2n) is 5.10. The van der Waals surface area contributed by atoms with E-state index in [1.54, 1.807) is 6.07 Å². The van der Waals surface area contributed by atoms with Crippen LogP contribution in [0.15, 0.2) is 18.2 Å². The van der Waals surface area contributed by atoms with Crippen LogP contribution in [0.5, 0.6) is 0 Å². The van der Waals surface area contributed by atoms with E-state index in [0.29, 0.717) is 11.5 Å². The average molecular weight is 204 g/mol. The van der Waals surface area contributed by atoms with E-state index in [1.807, 2.05) is 12.1 Å². The molecule has 1 unspecified atom stereocenters. The summed E-state index contributed by atoms with van der Waals surface area (Å²) < 4.78 is 0. The van der Waals surface area contributed by atoms with Gasteiger partial charge in [-0.1, -0.05) is 26.8 Å². The van der Waals surface area contributed by atoms with Crippen molar-refractivity contribution in [3.8, 4) is 0 Å². The lowest BCUT2D eigenvalue weighted by Crippen LogP contribution is -2.12. The molecule has 0 radical (unpaired) electrons. The third-order valence-corrected chi connectivity index (χ3v) is 3.38. The van der Waals surface area contributed by atoms with Gasteiger partial charge in [0.25, 0.3) is 0 Å². The van der Waals surface area contributed by atoms with Gasteiger partial charge in [0.1, 0.15) is 0 Å². The van der Waals surface area contributed by atoms with Crippen molar-refractivity contribution in [2.45, 2.75) is 38.5 Å². The first kappa shape index (κ1) is 10.2. The molecule has 0 aromatic heterocycles. The molecule has 2 nitrogen and oxygen atoms in total. The zero-order valence-corrected chi connectivity index (χ0v) is 9.37. The number of carbonyl (C=O) groups is 1. The summed E-state index contributed by atoms with van der Waals surface area (Å²) in [5, 5.41) is 8.93. The van der Waals surface area contributed by atoms with Crippen LogP contribution in [0.3, 0.4) is 0 Å². The Kier molecular flexibility index (Phi) is 2.10. The van der Waals surface area contributed by atoms with Crippen molar-refractivity contribution in [2.24, 2.45) is 0 Å². The van der Waals surface area contributed by atoms with E-state index in [9.17, 15) is 4.79 Å². The number of carboxylic acids is 1. The SMILES string of the molecule is CC1CC(C)(C)c2ccc(C(=O)O)cc21. The van der Waals surface area contributed by atoms with E-state index in [2.05, 4.69) is 20.8 Å². The Morgan fingerprint density at radius 3 is 2.73 bits per heavy atom. The molecule has 1 atom stereocenters. The van der Waals surface area contributed by atoms with Gasteiger partial charge in [0.2, 0.25) is 0 Å². The second kappa shape index (κ2) is 3.09. The normalized spacial score (nSPS) is 22.5. The van der Waals surface area contributed by atoms with E-state index in [-0.39, 0.29) is 5.41 Å². The third kappa shape index (κ3) is 1.54. The highest BCUT2D eigenvalue weighted by molar-refractivity contribution is 5.88. The Hall–Kier alpha value is -1.31. The molecule has 0 spiro atoms. The maximum absolute atomic E-state index is 10.9. The van der Waals surface area contributed by atoms with Crippen molar-refractivity contribution in [1.29, 1.82) is 0 Å². The van der Waals surface area contributed by atoms with E-state index in [4.69, 9.17) is 5.11 Å². The van der Waals surface area contributed by atoms with Crippen LogP contribution < -0.4 is 0 Å². The molecule has 0 saturated carbocycles. The largest absolute Gasteiger partial charge is 0.478 e. The average Bonchev–Trinajstić information content (AvgIpc) is 2.37. The van der Waals surface area contributed by atoms with Crippen LogP contribution in [0, 0.1) is 0 Å². The molecule has 0 fully saturated rings. The molecule has 80 valence electrons. The van der Waals surface area contributed by atoms with Crippen LogP contribution in [0.25, 0.3) is 0 Å². The first-order valence-corrected chi connectivity index (χ1v) is 5.29. The second-order valence-corrected chi connectivity index (χ2v) is 5.10. The molecule has 1 N–H and O–H groups in total. The summed E-state index contributed by atoms with van der Waals surface area (Å²) in [5.74, 6) is -0.371. The fourth-order valence-electron chi connectivity index (χ4n) is 2.71. The molecule has 1 aromatic rings. The summed E-state index contributed by atoms with van der Waals surface area (Å²) >= 11 is 0. The zero-order valence-electron chi connectivity index (χ0n) is 9.37. The fourth-order valence-corrected chi connectivity index (χ4v) is 2.71. The predicted octanol–water partition coefficient (Wildman–Crippen LogP) is 3.17. The van der Waals surface area contributed by atoms with Gasteiger partial charge in [0.15, 0.2) is 0 Å². The minimum atomic E-state index is -0.838. The zero-order chi connectivity index (χ0) is 11.2. The first-order valence-electron chi connectivity index (χ1n) is 5.29. The molecule has 0 heterocycles. The van der Waals surface area contributed by atoms with Crippen molar-refractivity contribution >= 4 is 5.97 Å². The summed E-state index contributed by atoms with van der Waals surface area (Å²) in [7, 11) is 0. The van der Waals surface area contributed by atoms with Crippen LogP contribution in [-0.4, -0.2) is 11.1 Å². The van der Waals surface area contributed by atoms with Gasteiger partial charge in [-0.25, -0.2) is 4.79 Å². The molecule has 0 saturated heterocycles. The lowest BCUT2D eigenvalue weighted by molar-refractivity contribution is 0.0696. The highest BCUT2D eigenvalue weighted by Crippen LogP contribution is 2.45. The number of rotatable bonds is 1. The Balaban J connectivity index is 2.55. The minimum Gasteiger partial charge on any atom is -0.478 e. The summed E-state index contributed by atoms with van der Waals surface area (Å²) in [6.45, 7) is 6.60. The van der Waals surface area contributed by atoms with Gasteiger partial charge < -0.3 is 5.11 Å². The summed E-state index contributed by atoms with van der Waals surface area (Å²) in [5.41, 5.74) is 3.10. The third-order valence-electron chi connectivity index (χ3n) is 3.38. The molecule has 1 aliphatic carbocycles. The quantitative estimate of drug-likeness (QED) is 0.762. The van der Waals surface area contributed by atoms with Crippen molar-refractivity contribution in [3.63, 3.8) is 0 Å².